The highest BCUT2D eigenvalue weighted by Crippen LogP contribution is 2.40. The molecule has 1 aliphatic rings. The van der Waals surface area contributed by atoms with Crippen LogP contribution in [0, 0.1) is 27.7 Å². The molecule has 2 rings (SSSR count). The minimum absolute atomic E-state index is 0.0791. The number of carbonyl (C=O) groups is 1. The Morgan fingerprint density at radius 3 is 2.29 bits per heavy atom. The number of nitrogens with zero attached hydrogens (tertiary/aromatic N) is 1. The van der Waals surface area contributed by atoms with E-state index in [4.69, 9.17) is 22.8 Å². The number of hydrogen-bond donors (Lipinski definition) is 2. The molecule has 0 radical (unpaired) electrons. The number of ketones is 1. The molecule has 5 nitrogen and oxygen atoms in total. The first-order valence-corrected chi connectivity index (χ1v) is 10.1. The van der Waals surface area contributed by atoms with E-state index in [9.17, 15) is 9.90 Å². The van der Waals surface area contributed by atoms with Gasteiger partial charge in [0.1, 0.15) is 17.4 Å². The highest BCUT2D eigenvalue weighted by atomic mass is 32.1. The molecule has 1 aliphatic carbocycles. The maximum atomic E-state index is 12.9. The van der Waals surface area contributed by atoms with E-state index in [0.29, 0.717) is 42.1 Å². The zero-order chi connectivity index (χ0) is 21.2. The maximum absolute atomic E-state index is 12.9. The molecule has 0 amide bonds. The van der Waals surface area contributed by atoms with Gasteiger partial charge in [0.05, 0.1) is 11.3 Å². The fourth-order valence-electron chi connectivity index (χ4n) is 4.21. The molecule has 0 bridgehead atoms. The van der Waals surface area contributed by atoms with E-state index < -0.39 is 0 Å². The van der Waals surface area contributed by atoms with Gasteiger partial charge < -0.3 is 15.7 Å². The van der Waals surface area contributed by atoms with E-state index in [1.165, 1.54) is 0 Å². The van der Waals surface area contributed by atoms with Crippen LogP contribution in [0.1, 0.15) is 72.4 Å². The molecule has 28 heavy (non-hydrogen) atoms. The molecule has 0 spiro atoms. The lowest BCUT2D eigenvalue weighted by atomic mass is 9.75. The van der Waals surface area contributed by atoms with Crippen LogP contribution in [0.4, 0.5) is 0 Å². The number of aliphatic hydroxyl groups is 1. The lowest BCUT2D eigenvalue weighted by Gasteiger charge is -2.29. The Hall–Kier alpha value is -2.21. The summed E-state index contributed by atoms with van der Waals surface area (Å²) in [7, 11) is 0. The first-order chi connectivity index (χ1) is 13.1. The summed E-state index contributed by atoms with van der Waals surface area (Å²) in [5.41, 5.74) is 13.1. The van der Waals surface area contributed by atoms with Crippen molar-refractivity contribution in [2.75, 3.05) is 6.61 Å². The van der Waals surface area contributed by atoms with Gasteiger partial charge in [0, 0.05) is 18.4 Å². The molecule has 3 N–H and O–H groups in total. The average molecular weight is 403 g/mol. The number of Topliss-reactive ketones (excluding diaryl/α,β-unsaturated/α-hetero) is 1. The van der Waals surface area contributed by atoms with Crippen molar-refractivity contribution in [3.8, 4) is 0 Å². The van der Waals surface area contributed by atoms with Gasteiger partial charge in [0.2, 0.25) is 0 Å². The Morgan fingerprint density at radius 1 is 1.14 bits per heavy atom. The molecular weight excluding hydrogens is 372 g/mol. The maximum Gasteiger partial charge on any atom is 0.168 e. The number of allylic oxidation sites excluding steroid dienone is 2. The van der Waals surface area contributed by atoms with E-state index in [-0.39, 0.29) is 17.5 Å². The third-order valence-electron chi connectivity index (χ3n) is 5.70. The molecule has 0 fully saturated rings. The molecule has 1 atom stereocenters. The van der Waals surface area contributed by atoms with Gasteiger partial charge in [-0.25, -0.2) is 0 Å². The number of oxime groups is 1. The Morgan fingerprint density at radius 2 is 1.79 bits per heavy atom. The van der Waals surface area contributed by atoms with Gasteiger partial charge in [-0.1, -0.05) is 24.3 Å². The summed E-state index contributed by atoms with van der Waals surface area (Å²) in [6.45, 7) is 12.3. The second-order valence-corrected chi connectivity index (χ2v) is 7.75. The molecule has 0 saturated carbocycles. The second-order valence-electron chi connectivity index (χ2n) is 7.31. The van der Waals surface area contributed by atoms with Crippen molar-refractivity contribution in [3.05, 3.63) is 44.7 Å². The first kappa shape index (κ1) is 22.1. The highest BCUT2D eigenvalue weighted by Gasteiger charge is 2.33. The zero-order valence-electron chi connectivity index (χ0n) is 17.6. The van der Waals surface area contributed by atoms with Crippen LogP contribution in [0.2, 0.25) is 0 Å². The lowest BCUT2D eigenvalue weighted by molar-refractivity contribution is -0.116. The summed E-state index contributed by atoms with van der Waals surface area (Å²) < 4.78 is 0. The molecular formula is C22H30N2O3S. The zero-order valence-corrected chi connectivity index (χ0v) is 18.4. The van der Waals surface area contributed by atoms with E-state index in [0.717, 1.165) is 33.4 Å². The lowest BCUT2D eigenvalue weighted by Crippen LogP contribution is -2.25. The molecule has 1 aromatic rings. The summed E-state index contributed by atoms with van der Waals surface area (Å²) in [5.74, 6) is -0.146. The molecule has 152 valence electrons. The number of carbonyl (C=O) groups excluding carboxylic acids is 1. The highest BCUT2D eigenvalue weighted by molar-refractivity contribution is 7.80. The topological polar surface area (TPSA) is 84.9 Å². The van der Waals surface area contributed by atoms with Crippen LogP contribution >= 0.6 is 12.2 Å². The van der Waals surface area contributed by atoms with Crippen LogP contribution in [0.15, 0.2) is 16.5 Å². The van der Waals surface area contributed by atoms with Crippen LogP contribution in [-0.2, 0) is 9.63 Å². The molecule has 6 heteroatoms. The molecule has 1 aromatic carbocycles. The third-order valence-corrected chi connectivity index (χ3v) is 5.91. The van der Waals surface area contributed by atoms with E-state index in [1.807, 2.05) is 34.6 Å². The molecule has 0 heterocycles. The van der Waals surface area contributed by atoms with Crippen molar-refractivity contribution in [2.45, 2.75) is 66.7 Å². The van der Waals surface area contributed by atoms with Crippen molar-refractivity contribution >= 4 is 28.7 Å². The Kier molecular flexibility index (Phi) is 6.99. The van der Waals surface area contributed by atoms with Gasteiger partial charge in [-0.05, 0) is 74.8 Å². The molecule has 0 aromatic heterocycles. The Bertz CT molecular complexity index is 885. The second kappa shape index (κ2) is 8.86. The number of benzene rings is 1. The van der Waals surface area contributed by atoms with Gasteiger partial charge in [0.25, 0.3) is 0 Å². The minimum Gasteiger partial charge on any atom is -0.511 e. The van der Waals surface area contributed by atoms with E-state index in [1.54, 1.807) is 0 Å². The summed E-state index contributed by atoms with van der Waals surface area (Å²) in [5, 5.41) is 14.8. The molecule has 0 saturated heterocycles. The smallest absolute Gasteiger partial charge is 0.168 e. The largest absolute Gasteiger partial charge is 0.511 e. The molecule has 1 unspecified atom stereocenters. The standard InChI is InChI=1S/C22H30N2O3S/c1-7-16(24-27-8-2)21-17(25)9-15(10-18(21)26)19-12(4)11(3)13(5)20(14(19)6)22(23)28/h15,25H,7-10H2,1-6H3,(H2,23,28). The fourth-order valence-corrected chi connectivity index (χ4v) is 4.51. The summed E-state index contributed by atoms with van der Waals surface area (Å²) >= 11 is 5.28. The average Bonchev–Trinajstić information content (AvgIpc) is 2.62. The first-order valence-electron chi connectivity index (χ1n) is 9.70. The number of aliphatic hydroxyl groups excluding tert-OH is 1. The molecule has 0 aliphatic heterocycles. The van der Waals surface area contributed by atoms with E-state index >= 15 is 0 Å². The summed E-state index contributed by atoms with van der Waals surface area (Å²) in [6.07, 6.45) is 1.21. The van der Waals surface area contributed by atoms with Crippen molar-refractivity contribution in [1.82, 2.24) is 0 Å². The minimum atomic E-state index is -0.117. The predicted octanol–water partition coefficient (Wildman–Crippen LogP) is 4.62. The van der Waals surface area contributed by atoms with Gasteiger partial charge >= 0.3 is 0 Å². The van der Waals surface area contributed by atoms with Crippen LogP contribution in [0.5, 0.6) is 0 Å². The fraction of sp³-hybridized carbons (Fsp3) is 0.500. The Balaban J connectivity index is 2.57. The van der Waals surface area contributed by atoms with E-state index in [2.05, 4.69) is 12.1 Å². The van der Waals surface area contributed by atoms with Crippen LogP contribution in [0.3, 0.4) is 0 Å². The van der Waals surface area contributed by atoms with Crippen LogP contribution < -0.4 is 5.73 Å². The summed E-state index contributed by atoms with van der Waals surface area (Å²) in [4.78, 5) is 18.4. The van der Waals surface area contributed by atoms with Gasteiger partial charge in [-0.3, -0.25) is 4.79 Å². The van der Waals surface area contributed by atoms with Gasteiger partial charge in [-0.2, -0.15) is 0 Å². The predicted molar refractivity (Wildman–Crippen MR) is 117 cm³/mol. The quantitative estimate of drug-likeness (QED) is 0.412. The van der Waals surface area contributed by atoms with Crippen molar-refractivity contribution < 1.29 is 14.7 Å². The van der Waals surface area contributed by atoms with Crippen LogP contribution in [-0.4, -0.2) is 28.2 Å². The summed E-state index contributed by atoms with van der Waals surface area (Å²) in [6, 6.07) is 0. The Labute approximate surface area is 172 Å². The monoisotopic (exact) mass is 402 g/mol. The number of thiocarbonyl (C=S) groups is 1. The van der Waals surface area contributed by atoms with Crippen LogP contribution in [0.25, 0.3) is 0 Å². The third kappa shape index (κ3) is 3.97. The van der Waals surface area contributed by atoms with Gasteiger partial charge in [-0.15, -0.1) is 0 Å². The van der Waals surface area contributed by atoms with Crippen molar-refractivity contribution in [3.63, 3.8) is 0 Å². The number of nitrogens with two attached hydrogens (primary N) is 1. The number of rotatable bonds is 6. The van der Waals surface area contributed by atoms with Gasteiger partial charge in [0.15, 0.2) is 5.78 Å². The normalized spacial score (nSPS) is 17.9. The van der Waals surface area contributed by atoms with Crippen molar-refractivity contribution in [1.29, 1.82) is 0 Å². The number of hydrogen-bond acceptors (Lipinski definition) is 5. The van der Waals surface area contributed by atoms with Crippen molar-refractivity contribution in [2.24, 2.45) is 10.9 Å². The SMILES string of the molecule is CCON=C(CC)C1=C(O)CC(c2c(C)c(C)c(C)c(C(N)=S)c2C)CC1=O.